The number of nitrogens with zero attached hydrogens (tertiary/aromatic N) is 1. The summed E-state index contributed by atoms with van der Waals surface area (Å²) in [4.78, 5) is 2.37. The predicted octanol–water partition coefficient (Wildman–Crippen LogP) is 3.22. The highest BCUT2D eigenvalue weighted by molar-refractivity contribution is 5.35. The first-order valence-corrected chi connectivity index (χ1v) is 8.52. The summed E-state index contributed by atoms with van der Waals surface area (Å²) in [6, 6.07) is 8.39. The molecule has 1 rings (SSSR count). The lowest BCUT2D eigenvalue weighted by atomic mass is 10.0. The second kappa shape index (κ2) is 8.67. The molecule has 4 nitrogen and oxygen atoms in total. The minimum absolute atomic E-state index is 0.0205. The van der Waals surface area contributed by atoms with Gasteiger partial charge in [-0.15, -0.1) is 0 Å². The van der Waals surface area contributed by atoms with Crippen LogP contribution >= 0.6 is 0 Å². The van der Waals surface area contributed by atoms with Crippen LogP contribution in [0.3, 0.4) is 0 Å². The molecule has 0 heterocycles. The maximum atomic E-state index is 10.2. The zero-order valence-electron chi connectivity index (χ0n) is 15.8. The Bertz CT molecular complexity index is 469. The van der Waals surface area contributed by atoms with Crippen LogP contribution in [0.4, 0.5) is 0 Å². The molecular weight excluding hydrogens is 288 g/mol. The van der Waals surface area contributed by atoms with Crippen molar-refractivity contribution in [3.8, 4) is 5.75 Å². The Balaban J connectivity index is 2.93. The van der Waals surface area contributed by atoms with Crippen LogP contribution in [0.5, 0.6) is 5.75 Å². The van der Waals surface area contributed by atoms with Gasteiger partial charge in [0, 0.05) is 29.7 Å². The Morgan fingerprint density at radius 1 is 1.22 bits per heavy atom. The number of nitrogens with one attached hydrogen (secondary N) is 1. The van der Waals surface area contributed by atoms with E-state index in [0.717, 1.165) is 18.8 Å². The summed E-state index contributed by atoms with van der Waals surface area (Å²) < 4.78 is 5.50. The van der Waals surface area contributed by atoms with Gasteiger partial charge in [-0.3, -0.25) is 4.90 Å². The minimum Gasteiger partial charge on any atom is -0.496 e. The number of para-hydroxylation sites is 1. The van der Waals surface area contributed by atoms with Crippen molar-refractivity contribution < 1.29 is 9.84 Å². The zero-order valence-corrected chi connectivity index (χ0v) is 15.8. The molecule has 0 aliphatic heterocycles. The first-order chi connectivity index (χ1) is 10.7. The van der Waals surface area contributed by atoms with Crippen LogP contribution in [0.25, 0.3) is 0 Å². The summed E-state index contributed by atoms with van der Waals surface area (Å²) in [5.41, 5.74) is 1.14. The number of hydrogen-bond donors (Lipinski definition) is 2. The predicted molar refractivity (Wildman–Crippen MR) is 97.0 cm³/mol. The van der Waals surface area contributed by atoms with Crippen molar-refractivity contribution in [1.29, 1.82) is 0 Å². The number of methoxy groups -OCH3 is 1. The molecule has 0 spiro atoms. The molecule has 132 valence electrons. The van der Waals surface area contributed by atoms with Gasteiger partial charge in [-0.1, -0.05) is 25.1 Å². The highest BCUT2D eigenvalue weighted by Gasteiger charge is 2.26. The maximum absolute atomic E-state index is 10.2. The van der Waals surface area contributed by atoms with Gasteiger partial charge in [-0.25, -0.2) is 0 Å². The van der Waals surface area contributed by atoms with Gasteiger partial charge < -0.3 is 15.2 Å². The standard InChI is InChI=1S/C19H34N2O2/c1-8-21(13-17(15(3)22)20-19(4,5)6)14(2)16-11-9-10-12-18(16)23-7/h9-12,14-15,17,20,22H,8,13H2,1-7H3/t14-,15+,17+/m0/s1. The molecule has 0 radical (unpaired) electrons. The van der Waals surface area contributed by atoms with Crippen LogP contribution in [0.2, 0.25) is 0 Å². The molecule has 1 aromatic rings. The second-order valence-electron chi connectivity index (χ2n) is 7.25. The van der Waals surface area contributed by atoms with Gasteiger partial charge in [0.1, 0.15) is 5.75 Å². The zero-order chi connectivity index (χ0) is 17.6. The van der Waals surface area contributed by atoms with Gasteiger partial charge in [0.25, 0.3) is 0 Å². The van der Waals surface area contributed by atoms with E-state index in [4.69, 9.17) is 4.74 Å². The van der Waals surface area contributed by atoms with Crippen LogP contribution in [-0.4, -0.2) is 47.9 Å². The summed E-state index contributed by atoms with van der Waals surface area (Å²) in [6.45, 7) is 14.3. The lowest BCUT2D eigenvalue weighted by Gasteiger charge is -2.37. The van der Waals surface area contributed by atoms with E-state index in [0.29, 0.717) is 0 Å². The molecule has 0 bridgehead atoms. The number of hydrogen-bond acceptors (Lipinski definition) is 4. The first-order valence-electron chi connectivity index (χ1n) is 8.52. The topological polar surface area (TPSA) is 44.7 Å². The van der Waals surface area contributed by atoms with Crippen molar-refractivity contribution >= 4 is 0 Å². The van der Waals surface area contributed by atoms with Gasteiger partial charge in [-0.05, 0) is 47.2 Å². The lowest BCUT2D eigenvalue weighted by molar-refractivity contribution is 0.0880. The molecule has 0 fully saturated rings. The van der Waals surface area contributed by atoms with E-state index >= 15 is 0 Å². The molecule has 0 aromatic heterocycles. The molecular formula is C19H34N2O2. The summed E-state index contributed by atoms with van der Waals surface area (Å²) in [6.07, 6.45) is -0.409. The molecule has 3 atom stereocenters. The number of rotatable bonds is 8. The maximum Gasteiger partial charge on any atom is 0.123 e. The fourth-order valence-electron chi connectivity index (χ4n) is 2.90. The molecule has 0 aliphatic rings. The Labute approximate surface area is 141 Å². The molecule has 0 aliphatic carbocycles. The van der Waals surface area contributed by atoms with E-state index in [1.54, 1.807) is 7.11 Å². The quantitative estimate of drug-likeness (QED) is 0.771. The number of aliphatic hydroxyl groups is 1. The van der Waals surface area contributed by atoms with Crippen molar-refractivity contribution in [3.63, 3.8) is 0 Å². The lowest BCUT2D eigenvalue weighted by Crippen LogP contribution is -2.54. The van der Waals surface area contributed by atoms with E-state index in [1.165, 1.54) is 5.56 Å². The van der Waals surface area contributed by atoms with Crippen molar-refractivity contribution in [2.24, 2.45) is 0 Å². The largest absolute Gasteiger partial charge is 0.496 e. The summed E-state index contributed by atoms with van der Waals surface area (Å²) >= 11 is 0. The van der Waals surface area contributed by atoms with Crippen molar-refractivity contribution in [2.45, 2.75) is 65.3 Å². The molecule has 0 unspecified atom stereocenters. The highest BCUT2D eigenvalue weighted by Crippen LogP contribution is 2.29. The molecule has 2 N–H and O–H groups in total. The van der Waals surface area contributed by atoms with Gasteiger partial charge in [-0.2, -0.15) is 0 Å². The monoisotopic (exact) mass is 322 g/mol. The third-order valence-electron chi connectivity index (χ3n) is 4.17. The normalized spacial score (nSPS) is 16.2. The van der Waals surface area contributed by atoms with Crippen LogP contribution in [0.1, 0.15) is 53.1 Å². The number of ether oxygens (including phenoxy) is 1. The second-order valence-corrected chi connectivity index (χ2v) is 7.25. The average molecular weight is 322 g/mol. The number of likely N-dealkylation sites (N-methyl/N-ethyl adjacent to an activating group) is 1. The Morgan fingerprint density at radius 3 is 2.30 bits per heavy atom. The molecule has 0 amide bonds. The fraction of sp³-hybridized carbons (Fsp3) is 0.684. The highest BCUT2D eigenvalue weighted by atomic mass is 16.5. The fourth-order valence-corrected chi connectivity index (χ4v) is 2.90. The smallest absolute Gasteiger partial charge is 0.123 e. The minimum atomic E-state index is -0.409. The average Bonchev–Trinajstić information content (AvgIpc) is 2.49. The third-order valence-corrected chi connectivity index (χ3v) is 4.17. The molecule has 0 saturated carbocycles. The van der Waals surface area contributed by atoms with Crippen LogP contribution in [-0.2, 0) is 0 Å². The van der Waals surface area contributed by atoms with Gasteiger partial charge in [0.15, 0.2) is 0 Å². The number of aliphatic hydroxyl groups excluding tert-OH is 1. The van der Waals surface area contributed by atoms with Crippen LogP contribution in [0, 0.1) is 0 Å². The van der Waals surface area contributed by atoms with E-state index in [2.05, 4.69) is 50.9 Å². The Hall–Kier alpha value is -1.10. The van der Waals surface area contributed by atoms with Crippen LogP contribution in [0.15, 0.2) is 24.3 Å². The SMILES string of the molecule is CCN(C[C@@H](NC(C)(C)C)[C@@H](C)O)[C@@H](C)c1ccccc1OC. The molecule has 1 aromatic carbocycles. The van der Waals surface area contributed by atoms with E-state index in [-0.39, 0.29) is 17.6 Å². The van der Waals surface area contributed by atoms with E-state index < -0.39 is 6.10 Å². The number of benzene rings is 1. The van der Waals surface area contributed by atoms with Crippen molar-refractivity contribution in [1.82, 2.24) is 10.2 Å². The summed E-state index contributed by atoms with van der Waals surface area (Å²) in [5, 5.41) is 13.7. The molecule has 23 heavy (non-hydrogen) atoms. The summed E-state index contributed by atoms with van der Waals surface area (Å²) in [7, 11) is 1.71. The van der Waals surface area contributed by atoms with Gasteiger partial charge in [0.05, 0.1) is 13.2 Å². The Morgan fingerprint density at radius 2 is 1.83 bits per heavy atom. The van der Waals surface area contributed by atoms with Crippen molar-refractivity contribution in [3.05, 3.63) is 29.8 Å². The molecule has 0 saturated heterocycles. The van der Waals surface area contributed by atoms with Gasteiger partial charge >= 0.3 is 0 Å². The summed E-state index contributed by atoms with van der Waals surface area (Å²) in [5.74, 6) is 0.913. The Kier molecular flexibility index (Phi) is 7.52. The van der Waals surface area contributed by atoms with Gasteiger partial charge in [0.2, 0.25) is 0 Å². The van der Waals surface area contributed by atoms with Crippen LogP contribution < -0.4 is 10.1 Å². The van der Waals surface area contributed by atoms with E-state index in [1.807, 2.05) is 25.1 Å². The van der Waals surface area contributed by atoms with E-state index in [9.17, 15) is 5.11 Å². The first kappa shape index (κ1) is 19.9. The molecule has 4 heteroatoms. The third kappa shape index (κ3) is 6.13. The van der Waals surface area contributed by atoms with Crippen molar-refractivity contribution in [2.75, 3.05) is 20.2 Å².